The minimum absolute atomic E-state index is 0.0910. The first kappa shape index (κ1) is 22.7. The lowest BCUT2D eigenvalue weighted by molar-refractivity contribution is -0.122. The van der Waals surface area contributed by atoms with E-state index in [1.807, 2.05) is 26.0 Å². The predicted molar refractivity (Wildman–Crippen MR) is 123 cm³/mol. The van der Waals surface area contributed by atoms with Gasteiger partial charge in [-0.15, -0.1) is 0 Å². The van der Waals surface area contributed by atoms with Crippen molar-refractivity contribution in [1.29, 1.82) is 0 Å². The van der Waals surface area contributed by atoms with E-state index in [2.05, 4.69) is 10.0 Å². The third-order valence-electron chi connectivity index (χ3n) is 4.47. The van der Waals surface area contributed by atoms with E-state index in [4.69, 9.17) is 16.3 Å². The summed E-state index contributed by atoms with van der Waals surface area (Å²) in [6, 6.07) is 19.8. The first-order valence-corrected chi connectivity index (χ1v) is 11.6. The van der Waals surface area contributed by atoms with Crippen molar-refractivity contribution in [3.8, 4) is 5.75 Å². The monoisotopic (exact) mass is 458 g/mol. The molecular weight excluding hydrogens is 436 g/mol. The van der Waals surface area contributed by atoms with Gasteiger partial charge in [0.1, 0.15) is 5.75 Å². The maximum Gasteiger partial charge on any atom is 0.265 e. The number of ether oxygens (including phenoxy) is 1. The van der Waals surface area contributed by atoms with Gasteiger partial charge in [-0.25, -0.2) is 8.42 Å². The Hall–Kier alpha value is -3.03. The van der Waals surface area contributed by atoms with Crippen molar-refractivity contribution >= 4 is 38.9 Å². The summed E-state index contributed by atoms with van der Waals surface area (Å²) in [6.45, 7) is 3.76. The maximum absolute atomic E-state index is 12.6. The number of hydrogen-bond donors (Lipinski definition) is 2. The highest BCUT2D eigenvalue weighted by molar-refractivity contribution is 7.92. The molecule has 31 heavy (non-hydrogen) atoms. The molecule has 2 N–H and O–H groups in total. The second-order valence-electron chi connectivity index (χ2n) is 6.96. The molecular formula is C23H23ClN2O4S. The average molecular weight is 459 g/mol. The fraction of sp³-hybridized carbons (Fsp3) is 0.174. The summed E-state index contributed by atoms with van der Waals surface area (Å²) in [6.07, 6.45) is -0.268. The molecule has 6 nitrogen and oxygen atoms in total. The van der Waals surface area contributed by atoms with Gasteiger partial charge in [0, 0.05) is 16.4 Å². The molecule has 3 rings (SSSR count). The molecule has 0 bridgehead atoms. The molecule has 3 aromatic carbocycles. The number of amides is 1. The van der Waals surface area contributed by atoms with Gasteiger partial charge < -0.3 is 10.1 Å². The summed E-state index contributed by atoms with van der Waals surface area (Å²) >= 11 is 5.96. The van der Waals surface area contributed by atoms with Crippen LogP contribution in [0, 0.1) is 6.92 Å². The Labute approximate surface area is 187 Å². The van der Waals surface area contributed by atoms with Crippen molar-refractivity contribution in [3.05, 3.63) is 83.4 Å². The lowest BCUT2D eigenvalue weighted by Crippen LogP contribution is -2.32. The second-order valence-corrected chi connectivity index (χ2v) is 9.08. The smallest absolute Gasteiger partial charge is 0.265 e. The van der Waals surface area contributed by atoms with Crippen molar-refractivity contribution in [1.82, 2.24) is 0 Å². The Balaban J connectivity index is 1.66. The SMILES string of the molecule is CC[C@H](Oc1cccc(Cl)c1)C(=O)Nc1ccc(S(=O)(=O)Nc2ccc(C)cc2)cc1. The fourth-order valence-corrected chi connectivity index (χ4v) is 4.04. The Kier molecular flexibility index (Phi) is 7.20. The number of aryl methyl sites for hydroxylation is 1. The number of hydrogen-bond acceptors (Lipinski definition) is 4. The fourth-order valence-electron chi connectivity index (χ4n) is 2.80. The van der Waals surface area contributed by atoms with Gasteiger partial charge in [0.05, 0.1) is 4.90 Å². The van der Waals surface area contributed by atoms with Crippen LogP contribution < -0.4 is 14.8 Å². The highest BCUT2D eigenvalue weighted by Crippen LogP contribution is 2.21. The highest BCUT2D eigenvalue weighted by atomic mass is 35.5. The minimum Gasteiger partial charge on any atom is -0.481 e. The number of anilines is 2. The average Bonchev–Trinajstić information content (AvgIpc) is 2.74. The van der Waals surface area contributed by atoms with Gasteiger partial charge in [-0.05, 0) is 67.9 Å². The molecule has 162 valence electrons. The van der Waals surface area contributed by atoms with Crippen molar-refractivity contribution in [2.75, 3.05) is 10.0 Å². The number of halogens is 1. The molecule has 0 radical (unpaired) electrons. The van der Waals surface area contributed by atoms with E-state index in [9.17, 15) is 13.2 Å². The Bertz CT molecular complexity index is 1150. The predicted octanol–water partition coefficient (Wildman–Crippen LogP) is 5.25. The third kappa shape index (κ3) is 6.23. The molecule has 1 atom stereocenters. The molecule has 0 aliphatic heterocycles. The van der Waals surface area contributed by atoms with E-state index in [0.29, 0.717) is 28.6 Å². The van der Waals surface area contributed by atoms with Gasteiger partial charge in [-0.2, -0.15) is 0 Å². The van der Waals surface area contributed by atoms with Crippen LogP contribution in [-0.2, 0) is 14.8 Å². The Morgan fingerprint density at radius 1 is 1.00 bits per heavy atom. The van der Waals surface area contributed by atoms with E-state index in [-0.39, 0.29) is 10.8 Å². The summed E-state index contributed by atoms with van der Waals surface area (Å²) in [5.74, 6) is 0.161. The molecule has 0 spiro atoms. The standard InChI is InChI=1S/C23H23ClN2O4S/c1-3-22(30-20-6-4-5-17(24)15-20)23(27)25-18-11-13-21(14-12-18)31(28,29)26-19-9-7-16(2)8-10-19/h4-15,22,26H,3H2,1-2H3,(H,25,27)/t22-/m0/s1. The van der Waals surface area contributed by atoms with Crippen LogP contribution in [-0.4, -0.2) is 20.4 Å². The number of carbonyl (C=O) groups excluding carboxylic acids is 1. The zero-order chi connectivity index (χ0) is 22.4. The molecule has 0 saturated carbocycles. The van der Waals surface area contributed by atoms with Crippen molar-refractivity contribution in [2.45, 2.75) is 31.3 Å². The van der Waals surface area contributed by atoms with Crippen molar-refractivity contribution in [2.24, 2.45) is 0 Å². The van der Waals surface area contributed by atoms with E-state index < -0.39 is 16.1 Å². The Morgan fingerprint density at radius 2 is 1.65 bits per heavy atom. The zero-order valence-corrected chi connectivity index (χ0v) is 18.7. The summed E-state index contributed by atoms with van der Waals surface area (Å²) < 4.78 is 33.4. The largest absolute Gasteiger partial charge is 0.481 e. The molecule has 0 unspecified atom stereocenters. The summed E-state index contributed by atoms with van der Waals surface area (Å²) in [4.78, 5) is 12.7. The van der Waals surface area contributed by atoms with Crippen LogP contribution in [0.5, 0.6) is 5.75 Å². The number of rotatable bonds is 8. The molecule has 0 saturated heterocycles. The normalized spacial score (nSPS) is 12.1. The van der Waals surface area contributed by atoms with Gasteiger partial charge >= 0.3 is 0 Å². The summed E-state index contributed by atoms with van der Waals surface area (Å²) in [7, 11) is -3.74. The van der Waals surface area contributed by atoms with E-state index in [1.165, 1.54) is 24.3 Å². The molecule has 0 fully saturated rings. The summed E-state index contributed by atoms with van der Waals surface area (Å²) in [5.41, 5.74) is 1.98. The van der Waals surface area contributed by atoms with E-state index >= 15 is 0 Å². The van der Waals surface area contributed by atoms with Gasteiger partial charge in [0.2, 0.25) is 0 Å². The van der Waals surface area contributed by atoms with Crippen LogP contribution in [0.4, 0.5) is 11.4 Å². The minimum atomic E-state index is -3.74. The van der Waals surface area contributed by atoms with Gasteiger partial charge in [-0.3, -0.25) is 9.52 Å². The Morgan fingerprint density at radius 3 is 2.26 bits per heavy atom. The summed E-state index contributed by atoms with van der Waals surface area (Å²) in [5, 5.41) is 3.27. The second kappa shape index (κ2) is 9.85. The van der Waals surface area contributed by atoms with Crippen LogP contribution in [0.25, 0.3) is 0 Å². The number of benzene rings is 3. The van der Waals surface area contributed by atoms with Crippen molar-refractivity contribution in [3.63, 3.8) is 0 Å². The molecule has 1 amide bonds. The van der Waals surface area contributed by atoms with E-state index in [0.717, 1.165) is 5.56 Å². The molecule has 8 heteroatoms. The van der Waals surface area contributed by atoms with Crippen LogP contribution >= 0.6 is 11.6 Å². The molecule has 0 aliphatic rings. The molecule has 0 aliphatic carbocycles. The first-order chi connectivity index (χ1) is 14.8. The first-order valence-electron chi connectivity index (χ1n) is 9.69. The van der Waals surface area contributed by atoms with Crippen LogP contribution in [0.3, 0.4) is 0 Å². The van der Waals surface area contributed by atoms with Gasteiger partial charge in [0.15, 0.2) is 6.10 Å². The highest BCUT2D eigenvalue weighted by Gasteiger charge is 2.19. The maximum atomic E-state index is 12.6. The van der Waals surface area contributed by atoms with E-state index in [1.54, 1.807) is 36.4 Å². The van der Waals surface area contributed by atoms with Crippen LogP contribution in [0.15, 0.2) is 77.7 Å². The van der Waals surface area contributed by atoms with Gasteiger partial charge in [0.25, 0.3) is 15.9 Å². The molecule has 0 heterocycles. The third-order valence-corrected chi connectivity index (χ3v) is 6.11. The quantitative estimate of drug-likeness (QED) is 0.483. The van der Waals surface area contributed by atoms with Crippen LogP contribution in [0.2, 0.25) is 5.02 Å². The zero-order valence-electron chi connectivity index (χ0n) is 17.1. The molecule has 3 aromatic rings. The topological polar surface area (TPSA) is 84.5 Å². The van der Waals surface area contributed by atoms with Gasteiger partial charge in [-0.1, -0.05) is 42.3 Å². The number of sulfonamides is 1. The van der Waals surface area contributed by atoms with Crippen molar-refractivity contribution < 1.29 is 17.9 Å². The lowest BCUT2D eigenvalue weighted by Gasteiger charge is -2.17. The number of carbonyl (C=O) groups is 1. The molecule has 0 aromatic heterocycles. The van der Waals surface area contributed by atoms with Crippen LogP contribution in [0.1, 0.15) is 18.9 Å². The lowest BCUT2D eigenvalue weighted by atomic mass is 10.2. The number of nitrogens with one attached hydrogen (secondary N) is 2.